The molecule has 3 amide bonds. The largest absolute Gasteiger partial charge is 0.444 e. The van der Waals surface area contributed by atoms with Crippen LogP contribution in [0.4, 0.5) is 4.79 Å². The quantitative estimate of drug-likeness (QED) is 0.287. The van der Waals surface area contributed by atoms with E-state index in [9.17, 15) is 19.2 Å². The van der Waals surface area contributed by atoms with Crippen LogP contribution in [0.3, 0.4) is 0 Å². The standard InChI is InChI=1S/C37H45N7O5/c1-36(2,3)49-35(48)38-30-15-11-6-4-5-10-14-29-21-37(29,24-45)39-33(46)31-20-28(23-43(31)34(30)47)32-40-41-42-44(32)22-25-16-18-27(19-17-25)26-12-8-7-9-13-26/h7-10,12-14,16-19,24,28-31H,4-6,11,15,20-23H2,1-3H3,(H,38,48)(H,39,46)/b14-10-/t28-,29-,30+,31+,37+/m1/s1. The van der Waals surface area contributed by atoms with E-state index in [2.05, 4.69) is 56.5 Å². The first-order valence-corrected chi connectivity index (χ1v) is 17.2. The van der Waals surface area contributed by atoms with Crippen LogP contribution in [0.1, 0.15) is 83.0 Å². The van der Waals surface area contributed by atoms with Crippen LogP contribution in [0.15, 0.2) is 66.7 Å². The van der Waals surface area contributed by atoms with Gasteiger partial charge in [-0.05, 0) is 80.0 Å². The Morgan fingerprint density at radius 2 is 1.82 bits per heavy atom. The average Bonchev–Trinajstić information content (AvgIpc) is 3.35. The molecule has 5 atom stereocenters. The van der Waals surface area contributed by atoms with E-state index < -0.39 is 35.2 Å². The van der Waals surface area contributed by atoms with Crippen molar-refractivity contribution in [1.82, 2.24) is 35.7 Å². The number of alkyl carbamates (subject to hydrolysis) is 1. The van der Waals surface area contributed by atoms with Crippen molar-refractivity contribution >= 4 is 24.2 Å². The monoisotopic (exact) mass is 667 g/mol. The smallest absolute Gasteiger partial charge is 0.408 e. The lowest BCUT2D eigenvalue weighted by atomic mass is 10.0. The summed E-state index contributed by atoms with van der Waals surface area (Å²) in [6.45, 7) is 5.87. The van der Waals surface area contributed by atoms with E-state index in [1.165, 1.54) is 4.90 Å². The maximum Gasteiger partial charge on any atom is 0.408 e. The zero-order chi connectivity index (χ0) is 34.6. The summed E-state index contributed by atoms with van der Waals surface area (Å²) in [5.41, 5.74) is 1.49. The number of nitrogens with one attached hydrogen (secondary N) is 2. The highest BCUT2D eigenvalue weighted by Gasteiger charge is 2.56. The zero-order valence-corrected chi connectivity index (χ0v) is 28.4. The summed E-state index contributed by atoms with van der Waals surface area (Å²) in [4.78, 5) is 55.0. The number of tetrazole rings is 1. The van der Waals surface area contributed by atoms with E-state index in [0.29, 0.717) is 31.6 Å². The van der Waals surface area contributed by atoms with Gasteiger partial charge in [0.15, 0.2) is 5.82 Å². The van der Waals surface area contributed by atoms with Crippen LogP contribution in [0.25, 0.3) is 11.1 Å². The molecule has 1 saturated heterocycles. The minimum absolute atomic E-state index is 0.0809. The fourth-order valence-electron chi connectivity index (χ4n) is 6.86. The summed E-state index contributed by atoms with van der Waals surface area (Å²) in [5.74, 6) is -0.655. The molecule has 0 spiro atoms. The Kier molecular flexibility index (Phi) is 9.94. The van der Waals surface area contributed by atoms with Gasteiger partial charge in [0.05, 0.1) is 6.54 Å². The molecule has 2 aromatic carbocycles. The van der Waals surface area contributed by atoms with Gasteiger partial charge in [-0.3, -0.25) is 9.59 Å². The molecule has 1 aromatic heterocycles. The van der Waals surface area contributed by atoms with E-state index in [-0.39, 0.29) is 30.7 Å². The summed E-state index contributed by atoms with van der Waals surface area (Å²) in [6.07, 6.45) is 8.69. The Morgan fingerprint density at radius 3 is 2.55 bits per heavy atom. The zero-order valence-electron chi connectivity index (χ0n) is 28.4. The highest BCUT2D eigenvalue weighted by Crippen LogP contribution is 2.44. The van der Waals surface area contributed by atoms with Gasteiger partial charge >= 0.3 is 6.09 Å². The summed E-state index contributed by atoms with van der Waals surface area (Å²) in [5, 5.41) is 18.4. The third kappa shape index (κ3) is 8.06. The Hall–Kier alpha value is -4.87. The van der Waals surface area contributed by atoms with Crippen LogP contribution in [0.2, 0.25) is 0 Å². The number of rotatable bonds is 6. The molecule has 1 aliphatic carbocycles. The summed E-state index contributed by atoms with van der Waals surface area (Å²) >= 11 is 0. The normalized spacial score (nSPS) is 26.7. The van der Waals surface area contributed by atoms with Crippen LogP contribution in [0, 0.1) is 5.92 Å². The van der Waals surface area contributed by atoms with Gasteiger partial charge in [-0.25, -0.2) is 9.48 Å². The minimum atomic E-state index is -0.984. The molecule has 2 aliphatic heterocycles. The molecule has 2 N–H and O–H groups in total. The lowest BCUT2D eigenvalue weighted by Gasteiger charge is -2.30. The number of allylic oxidation sites excluding steroid dienone is 1. The van der Waals surface area contributed by atoms with E-state index in [1.54, 1.807) is 25.5 Å². The second-order valence-corrected chi connectivity index (χ2v) is 14.4. The fourth-order valence-corrected chi connectivity index (χ4v) is 6.86. The molecular formula is C37H45N7O5. The predicted molar refractivity (Wildman–Crippen MR) is 182 cm³/mol. The van der Waals surface area contributed by atoms with E-state index in [1.807, 2.05) is 36.4 Å². The van der Waals surface area contributed by atoms with Crippen LogP contribution < -0.4 is 10.6 Å². The molecule has 0 bridgehead atoms. The molecule has 3 heterocycles. The number of amides is 3. The molecule has 258 valence electrons. The molecule has 1 saturated carbocycles. The third-order valence-corrected chi connectivity index (χ3v) is 9.55. The number of hydrogen-bond donors (Lipinski definition) is 2. The maximum absolute atomic E-state index is 14.3. The van der Waals surface area contributed by atoms with Gasteiger partial charge in [0.1, 0.15) is 29.5 Å². The Morgan fingerprint density at radius 1 is 1.06 bits per heavy atom. The first-order chi connectivity index (χ1) is 23.5. The lowest BCUT2D eigenvalue weighted by Crippen LogP contribution is -2.55. The topological polar surface area (TPSA) is 148 Å². The van der Waals surface area contributed by atoms with Crippen molar-refractivity contribution in [2.45, 2.75) is 101 Å². The van der Waals surface area contributed by atoms with E-state index in [0.717, 1.165) is 42.2 Å². The van der Waals surface area contributed by atoms with Gasteiger partial charge in [0.25, 0.3) is 0 Å². The summed E-state index contributed by atoms with van der Waals surface area (Å²) < 4.78 is 7.21. The van der Waals surface area contributed by atoms with Gasteiger partial charge in [-0.1, -0.05) is 79.6 Å². The molecule has 3 aliphatic rings. The highest BCUT2D eigenvalue weighted by molar-refractivity contribution is 5.94. The van der Waals surface area contributed by atoms with Crippen molar-refractivity contribution < 1.29 is 23.9 Å². The highest BCUT2D eigenvalue weighted by atomic mass is 16.6. The van der Waals surface area contributed by atoms with Crippen LogP contribution in [-0.4, -0.2) is 79.1 Å². The van der Waals surface area contributed by atoms with Crippen LogP contribution in [-0.2, 0) is 25.7 Å². The van der Waals surface area contributed by atoms with Crippen molar-refractivity contribution in [3.63, 3.8) is 0 Å². The van der Waals surface area contributed by atoms with Crippen molar-refractivity contribution in [1.29, 1.82) is 0 Å². The number of carbonyl (C=O) groups is 4. The van der Waals surface area contributed by atoms with Crippen molar-refractivity contribution in [3.8, 4) is 11.1 Å². The second-order valence-electron chi connectivity index (χ2n) is 14.4. The number of carbonyl (C=O) groups excluding carboxylic acids is 4. The number of benzene rings is 2. The summed E-state index contributed by atoms with van der Waals surface area (Å²) in [7, 11) is 0. The Bertz CT molecular complexity index is 1680. The number of aromatic nitrogens is 4. The van der Waals surface area contributed by atoms with Crippen molar-refractivity contribution in [2.24, 2.45) is 5.92 Å². The van der Waals surface area contributed by atoms with Crippen molar-refractivity contribution in [2.75, 3.05) is 6.54 Å². The number of nitrogens with zero attached hydrogens (tertiary/aromatic N) is 5. The molecule has 3 aromatic rings. The first-order valence-electron chi connectivity index (χ1n) is 17.2. The molecule has 0 unspecified atom stereocenters. The Labute approximate surface area is 286 Å². The summed E-state index contributed by atoms with van der Waals surface area (Å²) in [6, 6.07) is 16.5. The van der Waals surface area contributed by atoms with E-state index in [4.69, 9.17) is 4.74 Å². The van der Waals surface area contributed by atoms with Crippen LogP contribution >= 0.6 is 0 Å². The molecule has 12 nitrogen and oxygen atoms in total. The predicted octanol–water partition coefficient (Wildman–Crippen LogP) is 4.56. The van der Waals surface area contributed by atoms with E-state index >= 15 is 0 Å². The number of ether oxygens (including phenoxy) is 1. The molecule has 12 heteroatoms. The molecule has 2 fully saturated rings. The van der Waals surface area contributed by atoms with Gasteiger partial charge < -0.3 is 25.1 Å². The Balaban J connectivity index is 1.25. The second kappa shape index (κ2) is 14.3. The first kappa shape index (κ1) is 34.0. The molecule has 49 heavy (non-hydrogen) atoms. The average molecular weight is 668 g/mol. The van der Waals surface area contributed by atoms with Gasteiger partial charge in [-0.15, -0.1) is 5.10 Å². The molecular weight excluding hydrogens is 622 g/mol. The van der Waals surface area contributed by atoms with Crippen LogP contribution in [0.5, 0.6) is 0 Å². The number of fused-ring (bicyclic) bond motifs is 2. The van der Waals surface area contributed by atoms with Crippen molar-refractivity contribution in [3.05, 3.63) is 78.1 Å². The fraction of sp³-hybridized carbons (Fsp3) is 0.486. The molecule has 0 radical (unpaired) electrons. The number of hydrogen-bond acceptors (Lipinski definition) is 8. The molecule has 6 rings (SSSR count). The number of aldehydes is 1. The third-order valence-electron chi connectivity index (χ3n) is 9.55. The SMILES string of the molecule is CC(C)(C)OC(=O)N[C@H]1CCCCC/C=C\[C@@H]2C[C@@]2(C=O)NC(=O)[C@@H]2C[C@@H](c3nnnn3Cc3ccc(-c4ccccc4)cc3)CN2C1=O. The van der Waals surface area contributed by atoms with Gasteiger partial charge in [0.2, 0.25) is 11.8 Å². The van der Waals surface area contributed by atoms with Gasteiger partial charge in [0, 0.05) is 18.4 Å². The maximum atomic E-state index is 14.3. The minimum Gasteiger partial charge on any atom is -0.444 e. The van der Waals surface area contributed by atoms with Gasteiger partial charge in [-0.2, -0.15) is 0 Å². The lowest BCUT2D eigenvalue weighted by molar-refractivity contribution is -0.140.